The van der Waals surface area contributed by atoms with Crippen LogP contribution < -0.4 is 0 Å². The van der Waals surface area contributed by atoms with Crippen molar-refractivity contribution in [3.63, 3.8) is 0 Å². The Labute approximate surface area is 80.4 Å². The first kappa shape index (κ1) is 10.0. The maximum absolute atomic E-state index is 10.9. The van der Waals surface area contributed by atoms with Crippen molar-refractivity contribution in [1.29, 1.82) is 0 Å². The number of imide groups is 1. The van der Waals surface area contributed by atoms with Crippen LogP contribution >= 0.6 is 12.6 Å². The van der Waals surface area contributed by atoms with Crippen LogP contribution in [-0.4, -0.2) is 28.1 Å². The van der Waals surface area contributed by atoms with Crippen LogP contribution in [-0.2, 0) is 19.2 Å². The standard InChI is InChI=1S/C7H9NO4S/c1-4(13)7(11)12-8-5(9)2-3-6(8)10/h4,13H,2-3H2,1H3. The molecular formula is C7H9NO4S. The zero-order chi connectivity index (χ0) is 10.0. The van der Waals surface area contributed by atoms with Gasteiger partial charge in [-0.05, 0) is 6.92 Å². The summed E-state index contributed by atoms with van der Waals surface area (Å²) in [5, 5.41) is -0.143. The average Bonchev–Trinajstić information content (AvgIpc) is 2.35. The molecule has 1 heterocycles. The summed E-state index contributed by atoms with van der Waals surface area (Å²) < 4.78 is 0. The van der Waals surface area contributed by atoms with Crippen molar-refractivity contribution in [2.75, 3.05) is 0 Å². The maximum Gasteiger partial charge on any atom is 0.345 e. The molecular weight excluding hydrogens is 194 g/mol. The van der Waals surface area contributed by atoms with Crippen LogP contribution in [0, 0.1) is 0 Å². The molecule has 2 amide bonds. The molecule has 0 saturated carbocycles. The van der Waals surface area contributed by atoms with E-state index in [9.17, 15) is 14.4 Å². The number of hydrogen-bond donors (Lipinski definition) is 1. The second-order valence-corrected chi connectivity index (χ2v) is 3.44. The highest BCUT2D eigenvalue weighted by atomic mass is 32.1. The zero-order valence-electron chi connectivity index (χ0n) is 7.02. The van der Waals surface area contributed by atoms with Crippen molar-refractivity contribution in [3.8, 4) is 0 Å². The fourth-order valence-corrected chi connectivity index (χ4v) is 0.871. The molecule has 1 aliphatic heterocycles. The average molecular weight is 203 g/mol. The first-order chi connectivity index (χ1) is 6.02. The highest BCUT2D eigenvalue weighted by molar-refractivity contribution is 7.81. The minimum Gasteiger partial charge on any atom is -0.329 e. The van der Waals surface area contributed by atoms with Gasteiger partial charge < -0.3 is 4.84 Å². The van der Waals surface area contributed by atoms with Crippen LogP contribution in [0.25, 0.3) is 0 Å². The van der Waals surface area contributed by atoms with Crippen LogP contribution in [0.4, 0.5) is 0 Å². The van der Waals surface area contributed by atoms with Crippen LogP contribution in [0.5, 0.6) is 0 Å². The molecule has 1 atom stereocenters. The monoisotopic (exact) mass is 203 g/mol. The smallest absolute Gasteiger partial charge is 0.329 e. The summed E-state index contributed by atoms with van der Waals surface area (Å²) in [4.78, 5) is 37.4. The largest absolute Gasteiger partial charge is 0.345 e. The summed E-state index contributed by atoms with van der Waals surface area (Å²) in [6.45, 7) is 1.50. The van der Waals surface area contributed by atoms with Gasteiger partial charge in [-0.2, -0.15) is 12.6 Å². The van der Waals surface area contributed by atoms with E-state index in [2.05, 4.69) is 17.5 Å². The molecule has 0 aromatic carbocycles. The van der Waals surface area contributed by atoms with Gasteiger partial charge in [0.05, 0.1) is 5.25 Å². The lowest BCUT2D eigenvalue weighted by atomic mass is 10.4. The summed E-state index contributed by atoms with van der Waals surface area (Å²) in [5.41, 5.74) is 0. The molecule has 1 rings (SSSR count). The predicted molar refractivity (Wildman–Crippen MR) is 45.6 cm³/mol. The van der Waals surface area contributed by atoms with Gasteiger partial charge in [0, 0.05) is 12.8 Å². The Bertz CT molecular complexity index is 247. The first-order valence-corrected chi connectivity index (χ1v) is 4.29. The number of hydroxylamine groups is 2. The van der Waals surface area contributed by atoms with Gasteiger partial charge in [-0.25, -0.2) is 4.79 Å². The molecule has 0 bridgehead atoms. The lowest BCUT2D eigenvalue weighted by Gasteiger charge is -2.13. The van der Waals surface area contributed by atoms with E-state index in [-0.39, 0.29) is 12.8 Å². The topological polar surface area (TPSA) is 63.7 Å². The Hall–Kier alpha value is -1.04. The molecule has 0 N–H and O–H groups in total. The fraction of sp³-hybridized carbons (Fsp3) is 0.571. The van der Waals surface area contributed by atoms with Crippen molar-refractivity contribution >= 4 is 30.4 Å². The molecule has 0 spiro atoms. The molecule has 13 heavy (non-hydrogen) atoms. The zero-order valence-corrected chi connectivity index (χ0v) is 7.91. The fourth-order valence-electron chi connectivity index (χ4n) is 0.824. The van der Waals surface area contributed by atoms with E-state index < -0.39 is 23.0 Å². The molecule has 0 aliphatic carbocycles. The van der Waals surface area contributed by atoms with Gasteiger partial charge in [0.1, 0.15) is 0 Å². The Kier molecular flexibility index (Phi) is 2.92. The van der Waals surface area contributed by atoms with Gasteiger partial charge in [-0.1, -0.05) is 0 Å². The van der Waals surface area contributed by atoms with Crippen molar-refractivity contribution in [1.82, 2.24) is 5.06 Å². The molecule has 0 radical (unpaired) electrons. The molecule has 1 unspecified atom stereocenters. The van der Waals surface area contributed by atoms with E-state index in [1.807, 2.05) is 0 Å². The Morgan fingerprint density at radius 2 is 1.92 bits per heavy atom. The number of carbonyl (C=O) groups excluding carboxylic acids is 3. The highest BCUT2D eigenvalue weighted by Crippen LogP contribution is 2.13. The van der Waals surface area contributed by atoms with Gasteiger partial charge in [-0.15, -0.1) is 5.06 Å². The lowest BCUT2D eigenvalue weighted by molar-refractivity contribution is -0.196. The number of carbonyl (C=O) groups is 3. The number of nitrogens with zero attached hydrogens (tertiary/aromatic N) is 1. The first-order valence-electron chi connectivity index (χ1n) is 3.78. The van der Waals surface area contributed by atoms with Crippen LogP contribution in [0.2, 0.25) is 0 Å². The van der Waals surface area contributed by atoms with Crippen molar-refractivity contribution in [2.45, 2.75) is 25.0 Å². The molecule has 5 nitrogen and oxygen atoms in total. The lowest BCUT2D eigenvalue weighted by Crippen LogP contribution is -2.34. The quantitative estimate of drug-likeness (QED) is 0.503. The van der Waals surface area contributed by atoms with Crippen LogP contribution in [0.15, 0.2) is 0 Å². The highest BCUT2D eigenvalue weighted by Gasteiger charge is 2.33. The van der Waals surface area contributed by atoms with Gasteiger partial charge in [0.15, 0.2) is 0 Å². The van der Waals surface area contributed by atoms with Crippen molar-refractivity contribution in [2.24, 2.45) is 0 Å². The van der Waals surface area contributed by atoms with Crippen molar-refractivity contribution in [3.05, 3.63) is 0 Å². The molecule has 0 aromatic rings. The second-order valence-electron chi connectivity index (χ2n) is 2.67. The van der Waals surface area contributed by atoms with Crippen LogP contribution in [0.1, 0.15) is 19.8 Å². The molecule has 1 fully saturated rings. The second kappa shape index (κ2) is 3.78. The predicted octanol–water partition coefficient (Wildman–Crippen LogP) is -0.0881. The van der Waals surface area contributed by atoms with Crippen molar-refractivity contribution < 1.29 is 19.2 Å². The minimum atomic E-state index is -0.702. The van der Waals surface area contributed by atoms with Gasteiger partial charge in [-0.3, -0.25) is 9.59 Å². The summed E-state index contributed by atoms with van der Waals surface area (Å²) in [7, 11) is 0. The number of rotatable bonds is 2. The molecule has 72 valence electrons. The van der Waals surface area contributed by atoms with E-state index in [0.717, 1.165) is 0 Å². The number of amides is 2. The summed E-state index contributed by atoms with van der Waals surface area (Å²) >= 11 is 3.80. The van der Waals surface area contributed by atoms with Gasteiger partial charge in [0.25, 0.3) is 11.8 Å². The van der Waals surface area contributed by atoms with E-state index >= 15 is 0 Å². The Balaban J connectivity index is 2.58. The molecule has 0 aromatic heterocycles. The van der Waals surface area contributed by atoms with Gasteiger partial charge in [0.2, 0.25) is 0 Å². The Morgan fingerprint density at radius 1 is 1.46 bits per heavy atom. The Morgan fingerprint density at radius 3 is 2.31 bits per heavy atom. The number of hydrogen-bond acceptors (Lipinski definition) is 5. The number of thiol groups is 1. The summed E-state index contributed by atoms with van der Waals surface area (Å²) in [6, 6.07) is 0. The van der Waals surface area contributed by atoms with E-state index in [0.29, 0.717) is 5.06 Å². The summed E-state index contributed by atoms with van der Waals surface area (Å²) in [6.07, 6.45) is 0.208. The van der Waals surface area contributed by atoms with E-state index in [4.69, 9.17) is 0 Å². The van der Waals surface area contributed by atoms with Crippen LogP contribution in [0.3, 0.4) is 0 Å². The molecule has 1 aliphatic rings. The van der Waals surface area contributed by atoms with E-state index in [1.165, 1.54) is 6.92 Å². The normalized spacial score (nSPS) is 19.1. The maximum atomic E-state index is 10.9. The third-order valence-electron chi connectivity index (χ3n) is 1.53. The molecule has 6 heteroatoms. The van der Waals surface area contributed by atoms with E-state index in [1.54, 1.807) is 0 Å². The molecule has 1 saturated heterocycles. The third-order valence-corrected chi connectivity index (χ3v) is 1.74. The SMILES string of the molecule is CC(S)C(=O)ON1C(=O)CCC1=O. The van der Waals surface area contributed by atoms with Gasteiger partial charge >= 0.3 is 5.97 Å². The third kappa shape index (κ3) is 2.21. The minimum absolute atomic E-state index is 0.104. The summed E-state index contributed by atoms with van der Waals surface area (Å²) in [5.74, 6) is -1.66.